The van der Waals surface area contributed by atoms with Crippen LogP contribution in [-0.2, 0) is 18.9 Å². The molecular weight excluding hydrogens is 1050 g/mol. The lowest BCUT2D eigenvalue weighted by Crippen LogP contribution is -2.31. The fraction of sp³-hybridized carbons (Fsp3) is 1.00. The third kappa shape index (κ3) is 32.6. The molecule has 0 spiro atoms. The Bertz CT molecular complexity index is 1550. The molecule has 10 unspecified atom stereocenters. The maximum absolute atomic E-state index is 6.11. The van der Waals surface area contributed by atoms with Gasteiger partial charge in [0.1, 0.15) is 0 Å². The fourth-order valence-corrected chi connectivity index (χ4v) is 14.7. The van der Waals surface area contributed by atoms with E-state index in [9.17, 15) is 0 Å². The normalized spacial score (nSPS) is 30.3. The van der Waals surface area contributed by atoms with Gasteiger partial charge in [-0.15, -0.1) is 0 Å². The molecule has 4 nitrogen and oxygen atoms in total. The minimum atomic E-state index is 0.298. The van der Waals surface area contributed by atoms with Crippen LogP contribution in [0.25, 0.3) is 0 Å². The van der Waals surface area contributed by atoms with Gasteiger partial charge in [0, 0.05) is 33.0 Å². The van der Waals surface area contributed by atoms with Gasteiger partial charge >= 0.3 is 0 Å². The van der Waals surface area contributed by atoms with Crippen molar-refractivity contribution in [1.29, 1.82) is 0 Å². The predicted molar refractivity (Wildman–Crippen MR) is 383 cm³/mol. The minimum Gasteiger partial charge on any atom is -0.381 e. The highest BCUT2D eigenvalue weighted by molar-refractivity contribution is 4.89. The summed E-state index contributed by atoms with van der Waals surface area (Å²) in [6.45, 7) is 87.9. The summed E-state index contributed by atoms with van der Waals surface area (Å²) >= 11 is 0. The second-order valence-corrected chi connectivity index (χ2v) is 42.0. The molecule has 6 aliphatic rings. The highest BCUT2D eigenvalue weighted by Crippen LogP contribution is 2.48. The molecule has 0 aromatic rings. The average Bonchev–Trinajstić information content (AvgIpc) is 3.58. The second kappa shape index (κ2) is 34.3. The SMILES string of the molecule is CC(C)(C)C1CCC(C(C)(C)C)CC1.CC(C)(C)C1CCC(C(C)(C)C)COC1.CC(C)(C)C1CCCC(C(C)(C)C)OC1.CC(C)(C)C1CCOC(C(C)(C)C)CC1.CC(C)(C)C1CCOCC(C(C)(C)C)C1.CC(C)C1CCC(C(C)(C)C)C1. The zero-order chi connectivity index (χ0) is 67.1. The van der Waals surface area contributed by atoms with Crippen LogP contribution in [-0.4, -0.2) is 51.8 Å². The standard InChI is InChI=1S/4C14H28O.C14H28.C12H24/c1-13(2,3)11-7-8-15-10-12(9-11)14(4,5)6;1-13(2,3)11-7-8-12(10-15-9-11)14(4,5)6;1-13(2,3)11-7-8-12(14(4,5)6)15-10-9-11;1-13(2,3)11-8-7-9-12(15-10-11)14(4,5)6;1-13(2,3)11-7-9-12(10-8-11)14(4,5)6;1-9(2)10-6-7-11(8-10)12(3,4)5/h4*11-12H,7-10H2,1-6H3;11-12H,7-10H2,1-6H3;9-11H,6-8H2,1-5H3. The first-order chi connectivity index (χ1) is 38.5. The molecule has 6 rings (SSSR count). The van der Waals surface area contributed by atoms with E-state index in [4.69, 9.17) is 18.9 Å². The van der Waals surface area contributed by atoms with E-state index < -0.39 is 0 Å². The van der Waals surface area contributed by atoms with Gasteiger partial charge in [0.15, 0.2) is 0 Å². The third-order valence-corrected chi connectivity index (χ3v) is 23.2. The molecule has 0 aromatic heterocycles. The molecule has 4 heteroatoms. The predicted octanol–water partition coefficient (Wildman–Crippen LogP) is 25.8. The molecule has 4 saturated heterocycles. The number of ether oxygens (including phenoxy) is 4. The van der Waals surface area contributed by atoms with E-state index >= 15 is 0 Å². The topological polar surface area (TPSA) is 36.9 Å². The van der Waals surface area contributed by atoms with Crippen molar-refractivity contribution in [2.45, 2.75) is 364 Å². The highest BCUT2D eigenvalue weighted by atomic mass is 16.5. The van der Waals surface area contributed by atoms with Crippen molar-refractivity contribution in [3.05, 3.63) is 0 Å². The van der Waals surface area contributed by atoms with Crippen LogP contribution in [0, 0.1) is 125 Å². The molecule has 0 N–H and O–H groups in total. The first-order valence-electron chi connectivity index (χ1n) is 36.8. The summed E-state index contributed by atoms with van der Waals surface area (Å²) in [5.74, 6) is 9.33. The van der Waals surface area contributed by atoms with E-state index in [1.165, 1.54) is 109 Å². The van der Waals surface area contributed by atoms with Gasteiger partial charge in [-0.3, -0.25) is 0 Å². The number of rotatable bonds is 1. The minimum absolute atomic E-state index is 0.298. The molecule has 0 radical (unpaired) electrons. The molecule has 86 heavy (non-hydrogen) atoms. The lowest BCUT2D eigenvalue weighted by molar-refractivity contribution is -0.0380. The van der Waals surface area contributed by atoms with E-state index in [1.807, 2.05) is 0 Å². The number of hydrogen-bond acceptors (Lipinski definition) is 4. The Balaban J connectivity index is 0.000000517. The van der Waals surface area contributed by atoms with Crippen molar-refractivity contribution < 1.29 is 18.9 Å². The number of hydrogen-bond donors (Lipinski definition) is 0. The Morgan fingerprint density at radius 2 is 0.535 bits per heavy atom. The van der Waals surface area contributed by atoms with Crippen LogP contribution < -0.4 is 0 Å². The zero-order valence-corrected chi connectivity index (χ0v) is 65.9. The van der Waals surface area contributed by atoms with Gasteiger partial charge in [0.2, 0.25) is 0 Å². The van der Waals surface area contributed by atoms with Crippen LogP contribution >= 0.6 is 0 Å². The quantitative estimate of drug-likeness (QED) is 0.262. The van der Waals surface area contributed by atoms with Gasteiger partial charge in [-0.05, 0) is 227 Å². The summed E-state index contributed by atoms with van der Waals surface area (Å²) in [5.41, 5.74) is 4.64. The Kier molecular flexibility index (Phi) is 33.5. The second-order valence-electron chi connectivity index (χ2n) is 42.0. The molecule has 2 aliphatic carbocycles. The maximum Gasteiger partial charge on any atom is 0.0623 e. The van der Waals surface area contributed by atoms with Crippen LogP contribution in [0.3, 0.4) is 0 Å². The monoisotopic (exact) mass is 1210 g/mol. The van der Waals surface area contributed by atoms with Gasteiger partial charge in [-0.2, -0.15) is 0 Å². The molecule has 4 heterocycles. The summed E-state index contributed by atoms with van der Waals surface area (Å²) in [6.07, 6.45) is 24.0. The maximum atomic E-state index is 6.11. The largest absolute Gasteiger partial charge is 0.381 e. The van der Waals surface area contributed by atoms with Crippen molar-refractivity contribution in [3.63, 3.8) is 0 Å². The van der Waals surface area contributed by atoms with Gasteiger partial charge in [0.25, 0.3) is 0 Å². The molecule has 4 aliphatic heterocycles. The van der Waals surface area contributed by atoms with Crippen LogP contribution in [0.5, 0.6) is 0 Å². The third-order valence-electron chi connectivity index (χ3n) is 23.2. The Hall–Kier alpha value is -0.160. The molecule has 0 bridgehead atoms. The summed E-state index contributed by atoms with van der Waals surface area (Å²) in [5, 5.41) is 0. The van der Waals surface area contributed by atoms with Gasteiger partial charge in [0.05, 0.1) is 18.8 Å². The van der Waals surface area contributed by atoms with Crippen LogP contribution in [0.2, 0.25) is 0 Å². The van der Waals surface area contributed by atoms with Crippen LogP contribution in [0.1, 0.15) is 351 Å². The van der Waals surface area contributed by atoms with E-state index in [0.717, 1.165) is 98.8 Å². The lowest BCUT2D eigenvalue weighted by Gasteiger charge is -2.41. The molecular formula is C82H164O4. The molecule has 0 aromatic carbocycles. The molecule has 0 amide bonds. The molecule has 6 fully saturated rings. The fourth-order valence-electron chi connectivity index (χ4n) is 14.7. The van der Waals surface area contributed by atoms with Crippen molar-refractivity contribution >= 4 is 0 Å². The van der Waals surface area contributed by atoms with Crippen molar-refractivity contribution in [1.82, 2.24) is 0 Å². The smallest absolute Gasteiger partial charge is 0.0623 e. The van der Waals surface area contributed by atoms with E-state index in [-0.39, 0.29) is 0 Å². The summed E-state index contributed by atoms with van der Waals surface area (Å²) in [6, 6.07) is 0. The van der Waals surface area contributed by atoms with Crippen molar-refractivity contribution in [2.24, 2.45) is 125 Å². The average molecular weight is 1210 g/mol. The Morgan fingerprint density at radius 3 is 0.884 bits per heavy atom. The first kappa shape index (κ1) is 83.9. The van der Waals surface area contributed by atoms with Gasteiger partial charge < -0.3 is 18.9 Å². The van der Waals surface area contributed by atoms with Gasteiger partial charge in [-0.25, -0.2) is 0 Å². The highest BCUT2D eigenvalue weighted by Gasteiger charge is 2.39. The Morgan fingerprint density at radius 1 is 0.233 bits per heavy atom. The summed E-state index contributed by atoms with van der Waals surface area (Å²) in [4.78, 5) is 0. The van der Waals surface area contributed by atoms with E-state index in [0.29, 0.717) is 77.7 Å². The van der Waals surface area contributed by atoms with Crippen LogP contribution in [0.15, 0.2) is 0 Å². The zero-order valence-electron chi connectivity index (χ0n) is 65.9. The van der Waals surface area contributed by atoms with E-state index in [1.54, 1.807) is 0 Å². The Labute approximate surface area is 544 Å². The lowest BCUT2D eigenvalue weighted by atomic mass is 9.64. The van der Waals surface area contributed by atoms with Gasteiger partial charge in [-0.1, -0.05) is 249 Å². The molecule has 10 atom stereocenters. The van der Waals surface area contributed by atoms with E-state index in [2.05, 4.69) is 242 Å². The van der Waals surface area contributed by atoms with Crippen molar-refractivity contribution in [3.8, 4) is 0 Å². The summed E-state index contributed by atoms with van der Waals surface area (Å²) in [7, 11) is 0. The molecule has 2 saturated carbocycles. The molecule has 516 valence electrons. The summed E-state index contributed by atoms with van der Waals surface area (Å²) < 4.78 is 23.7. The van der Waals surface area contributed by atoms with Crippen molar-refractivity contribution in [2.75, 3.05) is 39.6 Å². The first-order valence-corrected chi connectivity index (χ1v) is 36.8. The van der Waals surface area contributed by atoms with Crippen LogP contribution in [0.4, 0.5) is 0 Å².